The van der Waals surface area contributed by atoms with Crippen molar-refractivity contribution >= 4 is 5.91 Å². The molecule has 0 bridgehead atoms. The second-order valence-electron chi connectivity index (χ2n) is 5.19. The largest absolute Gasteiger partial charge is 0.483 e. The first-order chi connectivity index (χ1) is 10.0. The van der Waals surface area contributed by atoms with Crippen LogP contribution in [0.3, 0.4) is 0 Å². The average molecular weight is 289 g/mol. The third kappa shape index (κ3) is 6.77. The van der Waals surface area contributed by atoms with Crippen LogP contribution in [0.15, 0.2) is 18.2 Å². The number of aryl methyl sites for hydroxylation is 1. The predicted molar refractivity (Wildman–Crippen MR) is 81.9 cm³/mol. The van der Waals surface area contributed by atoms with Crippen LogP contribution >= 0.6 is 0 Å². The summed E-state index contributed by atoms with van der Waals surface area (Å²) in [6, 6.07) is 8.26. The number of hydrogen-bond acceptors (Lipinski definition) is 4. The van der Waals surface area contributed by atoms with Gasteiger partial charge in [0, 0.05) is 24.7 Å². The van der Waals surface area contributed by atoms with Crippen molar-refractivity contribution in [1.82, 2.24) is 10.6 Å². The molecular formula is C16H23N3O2. The lowest BCUT2D eigenvalue weighted by atomic mass is 10.1. The number of carbonyl (C=O) groups is 1. The van der Waals surface area contributed by atoms with Crippen molar-refractivity contribution < 1.29 is 9.53 Å². The molecule has 0 unspecified atom stereocenters. The summed E-state index contributed by atoms with van der Waals surface area (Å²) in [5.41, 5.74) is 2.19. The highest BCUT2D eigenvalue weighted by molar-refractivity contribution is 5.77. The van der Waals surface area contributed by atoms with E-state index >= 15 is 0 Å². The maximum atomic E-state index is 11.6. The fourth-order valence-corrected chi connectivity index (χ4v) is 1.75. The Balaban J connectivity index is 2.57. The van der Waals surface area contributed by atoms with Gasteiger partial charge in [0.25, 0.3) is 5.91 Å². The summed E-state index contributed by atoms with van der Waals surface area (Å²) >= 11 is 0. The van der Waals surface area contributed by atoms with Gasteiger partial charge in [-0.2, -0.15) is 5.26 Å². The number of rotatable bonds is 8. The van der Waals surface area contributed by atoms with Crippen molar-refractivity contribution in [1.29, 1.82) is 5.26 Å². The Bertz CT molecular complexity index is 507. The summed E-state index contributed by atoms with van der Waals surface area (Å²) < 4.78 is 5.58. The zero-order valence-electron chi connectivity index (χ0n) is 12.9. The van der Waals surface area contributed by atoms with E-state index < -0.39 is 0 Å². The number of benzene rings is 1. The Morgan fingerprint density at radius 3 is 2.86 bits per heavy atom. The van der Waals surface area contributed by atoms with Crippen LogP contribution in [0.1, 0.15) is 31.4 Å². The molecule has 1 rings (SSSR count). The lowest BCUT2D eigenvalue weighted by molar-refractivity contribution is -0.123. The maximum absolute atomic E-state index is 11.6. The van der Waals surface area contributed by atoms with Gasteiger partial charge >= 0.3 is 0 Å². The molecule has 5 heteroatoms. The van der Waals surface area contributed by atoms with E-state index in [1.807, 2.05) is 25.1 Å². The van der Waals surface area contributed by atoms with Crippen molar-refractivity contribution in [2.75, 3.05) is 13.2 Å². The lowest BCUT2D eigenvalue weighted by Gasteiger charge is -2.14. The van der Waals surface area contributed by atoms with Crippen LogP contribution in [0.2, 0.25) is 0 Å². The number of nitrogens with one attached hydrogen (secondary N) is 2. The molecule has 21 heavy (non-hydrogen) atoms. The van der Waals surface area contributed by atoms with Gasteiger partial charge in [0.2, 0.25) is 0 Å². The van der Waals surface area contributed by atoms with Gasteiger partial charge < -0.3 is 15.4 Å². The Kier molecular flexibility index (Phi) is 7.27. The smallest absolute Gasteiger partial charge is 0.257 e. The van der Waals surface area contributed by atoms with Crippen molar-refractivity contribution in [3.05, 3.63) is 29.3 Å². The summed E-state index contributed by atoms with van der Waals surface area (Å²) in [6.07, 6.45) is 0.305. The highest BCUT2D eigenvalue weighted by Gasteiger charge is 2.07. The Morgan fingerprint density at radius 2 is 2.19 bits per heavy atom. The number of nitrogens with zero attached hydrogens (tertiary/aromatic N) is 1. The van der Waals surface area contributed by atoms with Gasteiger partial charge in [-0.25, -0.2) is 0 Å². The van der Waals surface area contributed by atoms with E-state index in [0.29, 0.717) is 31.3 Å². The Hall–Kier alpha value is -2.06. The molecule has 114 valence electrons. The zero-order chi connectivity index (χ0) is 15.7. The highest BCUT2D eigenvalue weighted by atomic mass is 16.5. The quantitative estimate of drug-likeness (QED) is 0.717. The van der Waals surface area contributed by atoms with Crippen molar-refractivity contribution in [3.8, 4) is 11.8 Å². The third-order valence-electron chi connectivity index (χ3n) is 2.83. The molecule has 5 nitrogen and oxygen atoms in total. The summed E-state index contributed by atoms with van der Waals surface area (Å²) in [5, 5.41) is 14.4. The Morgan fingerprint density at radius 1 is 1.43 bits per heavy atom. The number of nitriles is 1. The van der Waals surface area contributed by atoms with Crippen molar-refractivity contribution in [2.45, 2.75) is 39.8 Å². The molecule has 0 radical (unpaired) electrons. The molecule has 0 aliphatic rings. The average Bonchev–Trinajstić information content (AvgIpc) is 2.44. The molecule has 0 heterocycles. The number of hydrogen-bond donors (Lipinski definition) is 2. The summed E-state index contributed by atoms with van der Waals surface area (Å²) in [4.78, 5) is 11.6. The van der Waals surface area contributed by atoms with Gasteiger partial charge in [0.1, 0.15) is 5.75 Å². The van der Waals surface area contributed by atoms with Gasteiger partial charge in [-0.05, 0) is 13.0 Å². The molecule has 1 aromatic rings. The molecule has 0 aliphatic heterocycles. The first kappa shape index (κ1) is 17.0. The maximum Gasteiger partial charge on any atom is 0.257 e. The monoisotopic (exact) mass is 289 g/mol. The first-order valence-electron chi connectivity index (χ1n) is 7.12. The van der Waals surface area contributed by atoms with Gasteiger partial charge in [0.05, 0.1) is 12.5 Å². The molecule has 0 aromatic heterocycles. The highest BCUT2D eigenvalue weighted by Crippen LogP contribution is 2.20. The van der Waals surface area contributed by atoms with Crippen LogP contribution in [0, 0.1) is 18.3 Å². The fraction of sp³-hybridized carbons (Fsp3) is 0.500. The van der Waals surface area contributed by atoms with E-state index in [4.69, 9.17) is 10.00 Å². The molecule has 1 amide bonds. The summed E-state index contributed by atoms with van der Waals surface area (Å²) in [6.45, 7) is 7.21. The first-order valence-corrected chi connectivity index (χ1v) is 7.12. The Labute approximate surface area is 126 Å². The zero-order valence-corrected chi connectivity index (χ0v) is 12.9. The van der Waals surface area contributed by atoms with E-state index in [1.54, 1.807) is 0 Å². The number of ether oxygens (including phenoxy) is 1. The van der Waals surface area contributed by atoms with Gasteiger partial charge in [-0.15, -0.1) is 0 Å². The van der Waals surface area contributed by atoms with E-state index in [9.17, 15) is 4.79 Å². The topological polar surface area (TPSA) is 74.1 Å². The second kappa shape index (κ2) is 8.98. The van der Waals surface area contributed by atoms with E-state index in [2.05, 4.69) is 30.5 Å². The van der Waals surface area contributed by atoms with Gasteiger partial charge in [-0.3, -0.25) is 4.79 Å². The van der Waals surface area contributed by atoms with Crippen LogP contribution in [0.4, 0.5) is 0 Å². The van der Waals surface area contributed by atoms with E-state index in [1.165, 1.54) is 0 Å². The van der Waals surface area contributed by atoms with Crippen LogP contribution < -0.4 is 15.4 Å². The van der Waals surface area contributed by atoms with Gasteiger partial charge in [-0.1, -0.05) is 31.5 Å². The van der Waals surface area contributed by atoms with Gasteiger partial charge in [0.15, 0.2) is 6.61 Å². The number of carbonyl (C=O) groups excluding carboxylic acids is 1. The molecule has 1 aromatic carbocycles. The summed E-state index contributed by atoms with van der Waals surface area (Å²) in [5.74, 6) is 0.498. The van der Waals surface area contributed by atoms with E-state index in [-0.39, 0.29) is 12.5 Å². The molecule has 0 spiro atoms. The number of amides is 1. The van der Waals surface area contributed by atoms with Crippen LogP contribution in [-0.2, 0) is 11.3 Å². The molecule has 0 fully saturated rings. The predicted octanol–water partition coefficient (Wildman–Crippen LogP) is 1.90. The minimum atomic E-state index is -0.214. The molecule has 0 saturated heterocycles. The van der Waals surface area contributed by atoms with E-state index in [0.717, 1.165) is 11.1 Å². The fourth-order valence-electron chi connectivity index (χ4n) is 1.75. The second-order valence-corrected chi connectivity index (χ2v) is 5.19. The molecule has 2 N–H and O–H groups in total. The van der Waals surface area contributed by atoms with Crippen molar-refractivity contribution in [2.24, 2.45) is 0 Å². The molecular weight excluding hydrogens is 266 g/mol. The van der Waals surface area contributed by atoms with Crippen molar-refractivity contribution in [3.63, 3.8) is 0 Å². The molecule has 0 saturated carbocycles. The summed E-state index contributed by atoms with van der Waals surface area (Å²) in [7, 11) is 0. The lowest BCUT2D eigenvalue weighted by Crippen LogP contribution is -2.30. The molecule has 0 atom stereocenters. The van der Waals surface area contributed by atoms with Crippen LogP contribution in [0.25, 0.3) is 0 Å². The minimum Gasteiger partial charge on any atom is -0.483 e. The minimum absolute atomic E-state index is 0.0385. The SMILES string of the molecule is Cc1ccc(OCC(=O)NCCC#N)c(CNC(C)C)c1. The normalized spacial score (nSPS) is 10.2. The third-order valence-corrected chi connectivity index (χ3v) is 2.83. The van der Waals surface area contributed by atoms with Crippen LogP contribution in [0.5, 0.6) is 5.75 Å². The standard InChI is InChI=1S/C16H23N3O2/c1-12(2)19-10-14-9-13(3)5-6-15(14)21-11-16(20)18-8-4-7-17/h5-6,9,12,19H,4,8,10-11H2,1-3H3,(H,18,20). The molecule has 0 aliphatic carbocycles. The van der Waals surface area contributed by atoms with Crippen LogP contribution in [-0.4, -0.2) is 25.1 Å².